The maximum Gasteiger partial charge on any atom is 0.254 e. The molecule has 1 saturated heterocycles. The Balaban J connectivity index is 2.24. The molecule has 1 aromatic rings. The Bertz CT molecular complexity index is 497. The van der Waals surface area contributed by atoms with E-state index in [0.29, 0.717) is 24.4 Å². The molecular weight excluding hydrogens is 240 g/mol. The van der Waals surface area contributed by atoms with Gasteiger partial charge < -0.3 is 10.6 Å². The van der Waals surface area contributed by atoms with Crippen molar-refractivity contribution in [2.45, 2.75) is 38.6 Å². The summed E-state index contributed by atoms with van der Waals surface area (Å²) < 4.78 is 0. The highest BCUT2D eigenvalue weighted by molar-refractivity contribution is 5.97. The molecule has 1 fully saturated rings. The highest BCUT2D eigenvalue weighted by Crippen LogP contribution is 2.22. The third-order valence-electron chi connectivity index (χ3n) is 3.64. The monoisotopic (exact) mass is 260 g/mol. The van der Waals surface area contributed by atoms with Gasteiger partial charge in [-0.05, 0) is 36.5 Å². The molecular formula is C15H20N2O2. The summed E-state index contributed by atoms with van der Waals surface area (Å²) in [5.41, 5.74) is 7.11. The van der Waals surface area contributed by atoms with Crippen molar-refractivity contribution in [1.82, 2.24) is 4.90 Å². The summed E-state index contributed by atoms with van der Waals surface area (Å²) in [6.07, 6.45) is 1.51. The zero-order valence-corrected chi connectivity index (χ0v) is 11.4. The van der Waals surface area contributed by atoms with Crippen LogP contribution in [0.3, 0.4) is 0 Å². The van der Waals surface area contributed by atoms with Crippen LogP contribution in [0.2, 0.25) is 0 Å². The first-order chi connectivity index (χ1) is 9.00. The van der Waals surface area contributed by atoms with Gasteiger partial charge in [0.25, 0.3) is 5.91 Å². The number of nitrogens with zero attached hydrogens (tertiary/aromatic N) is 1. The van der Waals surface area contributed by atoms with Gasteiger partial charge in [0.2, 0.25) is 5.91 Å². The number of carbonyl (C=O) groups is 2. The van der Waals surface area contributed by atoms with Crippen LogP contribution in [0, 0.1) is 0 Å². The summed E-state index contributed by atoms with van der Waals surface area (Å²) in [5, 5.41) is 0. The Hall–Kier alpha value is -1.84. The first-order valence-electron chi connectivity index (χ1n) is 6.71. The molecule has 1 aliphatic heterocycles. The van der Waals surface area contributed by atoms with E-state index in [4.69, 9.17) is 5.73 Å². The van der Waals surface area contributed by atoms with Gasteiger partial charge in [-0.1, -0.05) is 26.0 Å². The molecule has 19 heavy (non-hydrogen) atoms. The van der Waals surface area contributed by atoms with Gasteiger partial charge >= 0.3 is 0 Å². The van der Waals surface area contributed by atoms with Gasteiger partial charge in [-0.15, -0.1) is 0 Å². The molecule has 0 spiro atoms. The second-order valence-corrected chi connectivity index (χ2v) is 5.34. The SMILES string of the molecule is CC(C)c1cccc(C(=O)N2CCC[C@@H]2C(N)=O)c1. The minimum absolute atomic E-state index is 0.0937. The van der Waals surface area contributed by atoms with Crippen molar-refractivity contribution >= 4 is 11.8 Å². The van der Waals surface area contributed by atoms with Gasteiger partial charge in [0.05, 0.1) is 0 Å². The summed E-state index contributed by atoms with van der Waals surface area (Å²) in [5.74, 6) is -0.132. The topological polar surface area (TPSA) is 63.4 Å². The lowest BCUT2D eigenvalue weighted by Gasteiger charge is -2.22. The minimum atomic E-state index is -0.449. The predicted octanol–water partition coefficient (Wildman–Crippen LogP) is 1.90. The molecule has 4 heteroatoms. The Morgan fingerprint density at radius 1 is 1.37 bits per heavy atom. The van der Waals surface area contributed by atoms with Crippen molar-refractivity contribution in [3.05, 3.63) is 35.4 Å². The molecule has 0 aliphatic carbocycles. The van der Waals surface area contributed by atoms with E-state index in [-0.39, 0.29) is 5.91 Å². The Morgan fingerprint density at radius 2 is 2.11 bits per heavy atom. The van der Waals surface area contributed by atoms with Crippen LogP contribution in [-0.4, -0.2) is 29.3 Å². The quantitative estimate of drug-likeness (QED) is 0.902. The third kappa shape index (κ3) is 2.78. The summed E-state index contributed by atoms with van der Waals surface area (Å²) in [6.45, 7) is 4.79. The zero-order valence-electron chi connectivity index (χ0n) is 11.4. The lowest BCUT2D eigenvalue weighted by atomic mass is 10.0. The van der Waals surface area contributed by atoms with E-state index in [9.17, 15) is 9.59 Å². The molecule has 0 bridgehead atoms. The minimum Gasteiger partial charge on any atom is -0.368 e. The molecule has 0 saturated carbocycles. The number of likely N-dealkylation sites (tertiary alicyclic amines) is 1. The van der Waals surface area contributed by atoms with E-state index in [2.05, 4.69) is 13.8 Å². The molecule has 4 nitrogen and oxygen atoms in total. The lowest BCUT2D eigenvalue weighted by molar-refractivity contribution is -0.121. The Morgan fingerprint density at radius 3 is 2.74 bits per heavy atom. The normalized spacial score (nSPS) is 18.9. The van der Waals surface area contributed by atoms with Crippen LogP contribution in [0.25, 0.3) is 0 Å². The molecule has 1 aromatic carbocycles. The van der Waals surface area contributed by atoms with Gasteiger partial charge in [0.15, 0.2) is 0 Å². The van der Waals surface area contributed by atoms with Crippen LogP contribution in [0.15, 0.2) is 24.3 Å². The van der Waals surface area contributed by atoms with Crippen molar-refractivity contribution in [3.63, 3.8) is 0 Å². The van der Waals surface area contributed by atoms with Gasteiger partial charge in [-0.3, -0.25) is 9.59 Å². The molecule has 0 aromatic heterocycles. The lowest BCUT2D eigenvalue weighted by Crippen LogP contribution is -2.43. The molecule has 0 unspecified atom stereocenters. The molecule has 0 radical (unpaired) electrons. The summed E-state index contributed by atoms with van der Waals surface area (Å²) in [7, 11) is 0. The molecule has 2 amide bonds. The van der Waals surface area contributed by atoms with Crippen LogP contribution in [0.4, 0.5) is 0 Å². The highest BCUT2D eigenvalue weighted by Gasteiger charge is 2.33. The fourth-order valence-electron chi connectivity index (χ4n) is 2.50. The van der Waals surface area contributed by atoms with Crippen molar-refractivity contribution in [2.75, 3.05) is 6.54 Å². The standard InChI is InChI=1S/C15H20N2O2/c1-10(2)11-5-3-6-12(9-11)15(19)17-8-4-7-13(17)14(16)18/h3,5-6,9-10,13H,4,7-8H2,1-2H3,(H2,16,18)/t13-/m1/s1. The van der Waals surface area contributed by atoms with Crippen LogP contribution in [0.5, 0.6) is 0 Å². The van der Waals surface area contributed by atoms with Crippen molar-refractivity contribution in [1.29, 1.82) is 0 Å². The van der Waals surface area contributed by atoms with E-state index in [1.807, 2.05) is 18.2 Å². The fourth-order valence-corrected chi connectivity index (χ4v) is 2.50. The summed E-state index contributed by atoms with van der Waals surface area (Å²) in [6, 6.07) is 7.15. The molecule has 2 rings (SSSR count). The number of hydrogen-bond donors (Lipinski definition) is 1. The fraction of sp³-hybridized carbons (Fsp3) is 0.467. The number of rotatable bonds is 3. The molecule has 1 aliphatic rings. The van der Waals surface area contributed by atoms with Crippen molar-refractivity contribution in [2.24, 2.45) is 5.73 Å². The Labute approximate surface area is 113 Å². The van der Waals surface area contributed by atoms with Crippen LogP contribution in [-0.2, 0) is 4.79 Å². The van der Waals surface area contributed by atoms with E-state index in [1.54, 1.807) is 11.0 Å². The second-order valence-electron chi connectivity index (χ2n) is 5.34. The van der Waals surface area contributed by atoms with Crippen LogP contribution >= 0.6 is 0 Å². The van der Waals surface area contributed by atoms with Crippen molar-refractivity contribution in [3.8, 4) is 0 Å². The summed E-state index contributed by atoms with van der Waals surface area (Å²) >= 11 is 0. The van der Waals surface area contributed by atoms with Crippen LogP contribution in [0.1, 0.15) is 48.5 Å². The number of benzene rings is 1. The number of hydrogen-bond acceptors (Lipinski definition) is 2. The van der Waals surface area contributed by atoms with Crippen molar-refractivity contribution < 1.29 is 9.59 Å². The first kappa shape index (κ1) is 13.6. The average molecular weight is 260 g/mol. The number of amides is 2. The van der Waals surface area contributed by atoms with E-state index < -0.39 is 11.9 Å². The smallest absolute Gasteiger partial charge is 0.254 e. The second kappa shape index (κ2) is 5.43. The number of carbonyl (C=O) groups excluding carboxylic acids is 2. The number of nitrogens with two attached hydrogens (primary N) is 1. The van der Waals surface area contributed by atoms with Gasteiger partial charge in [-0.25, -0.2) is 0 Å². The van der Waals surface area contributed by atoms with Gasteiger partial charge in [0, 0.05) is 12.1 Å². The maximum atomic E-state index is 12.5. The summed E-state index contributed by atoms with van der Waals surface area (Å²) in [4.78, 5) is 25.4. The highest BCUT2D eigenvalue weighted by atomic mass is 16.2. The van der Waals surface area contributed by atoms with E-state index in [1.165, 1.54) is 0 Å². The largest absolute Gasteiger partial charge is 0.368 e. The maximum absolute atomic E-state index is 12.5. The van der Waals surface area contributed by atoms with E-state index >= 15 is 0 Å². The van der Waals surface area contributed by atoms with Gasteiger partial charge in [0.1, 0.15) is 6.04 Å². The zero-order chi connectivity index (χ0) is 14.0. The molecule has 1 heterocycles. The van der Waals surface area contributed by atoms with Crippen LogP contribution < -0.4 is 5.73 Å². The Kier molecular flexibility index (Phi) is 3.88. The third-order valence-corrected chi connectivity index (χ3v) is 3.64. The van der Waals surface area contributed by atoms with Gasteiger partial charge in [-0.2, -0.15) is 0 Å². The molecule has 102 valence electrons. The first-order valence-corrected chi connectivity index (χ1v) is 6.71. The average Bonchev–Trinajstić information content (AvgIpc) is 2.87. The van der Waals surface area contributed by atoms with E-state index in [0.717, 1.165) is 12.0 Å². The number of primary amides is 1. The predicted molar refractivity (Wildman–Crippen MR) is 73.8 cm³/mol. The molecule has 2 N–H and O–H groups in total. The molecule has 1 atom stereocenters.